The van der Waals surface area contributed by atoms with Crippen LogP contribution >= 0.6 is 0 Å². The van der Waals surface area contributed by atoms with Crippen LogP contribution in [0, 0.1) is 13.8 Å². The van der Waals surface area contributed by atoms with Gasteiger partial charge in [0, 0.05) is 5.69 Å². The molecular formula is C21H28N3O3+. The van der Waals surface area contributed by atoms with E-state index in [0.29, 0.717) is 18.0 Å². The molecule has 6 heteroatoms. The first-order chi connectivity index (χ1) is 12.9. The van der Waals surface area contributed by atoms with E-state index in [-0.39, 0.29) is 24.9 Å². The molecule has 2 aromatic carbocycles. The van der Waals surface area contributed by atoms with Crippen molar-refractivity contribution in [2.24, 2.45) is 0 Å². The van der Waals surface area contributed by atoms with E-state index in [0.717, 1.165) is 21.7 Å². The number of amides is 2. The third-order valence-electron chi connectivity index (χ3n) is 4.36. The molecule has 0 spiro atoms. The van der Waals surface area contributed by atoms with Gasteiger partial charge >= 0.3 is 0 Å². The predicted molar refractivity (Wildman–Crippen MR) is 107 cm³/mol. The molecule has 0 heterocycles. The van der Waals surface area contributed by atoms with Gasteiger partial charge in [-0.05, 0) is 44.5 Å². The highest BCUT2D eigenvalue weighted by Crippen LogP contribution is 2.22. The van der Waals surface area contributed by atoms with E-state index in [1.54, 1.807) is 19.2 Å². The fourth-order valence-corrected chi connectivity index (χ4v) is 2.86. The van der Waals surface area contributed by atoms with E-state index in [1.807, 2.05) is 51.1 Å². The van der Waals surface area contributed by atoms with Crippen molar-refractivity contribution in [2.45, 2.75) is 20.8 Å². The van der Waals surface area contributed by atoms with Crippen molar-refractivity contribution < 1.29 is 19.2 Å². The Balaban J connectivity index is 1.92. The minimum atomic E-state index is -0.157. The number of hydrogen-bond acceptors (Lipinski definition) is 3. The zero-order chi connectivity index (χ0) is 19.8. The number of hydrogen-bond donors (Lipinski definition) is 3. The van der Waals surface area contributed by atoms with Crippen LogP contribution in [0.1, 0.15) is 18.1 Å². The Morgan fingerprint density at radius 2 is 1.59 bits per heavy atom. The molecule has 0 fully saturated rings. The van der Waals surface area contributed by atoms with Gasteiger partial charge in [-0.3, -0.25) is 9.59 Å². The quantitative estimate of drug-likeness (QED) is 0.663. The SMILES string of the molecule is CC[NH+](CC(=O)Nc1ccc(C)cc1C)CC(=O)Nc1ccccc1OC. The Hall–Kier alpha value is -2.86. The van der Waals surface area contributed by atoms with Crippen molar-refractivity contribution in [3.63, 3.8) is 0 Å². The van der Waals surface area contributed by atoms with Gasteiger partial charge in [-0.2, -0.15) is 0 Å². The Labute approximate surface area is 160 Å². The smallest absolute Gasteiger partial charge is 0.279 e. The molecule has 0 aromatic heterocycles. The minimum absolute atomic E-state index is 0.108. The number of carbonyl (C=O) groups excluding carboxylic acids is 2. The Bertz CT molecular complexity index is 805. The lowest BCUT2D eigenvalue weighted by atomic mass is 10.1. The molecule has 2 rings (SSSR count). The number of aryl methyl sites for hydroxylation is 2. The van der Waals surface area contributed by atoms with Crippen LogP contribution in [-0.2, 0) is 9.59 Å². The van der Waals surface area contributed by atoms with Crippen LogP contribution in [0.2, 0.25) is 0 Å². The van der Waals surface area contributed by atoms with Gasteiger partial charge in [0.15, 0.2) is 13.1 Å². The average Bonchev–Trinajstić information content (AvgIpc) is 2.64. The number of anilines is 2. The number of methoxy groups -OCH3 is 1. The van der Waals surface area contributed by atoms with E-state index >= 15 is 0 Å². The summed E-state index contributed by atoms with van der Waals surface area (Å²) < 4.78 is 5.24. The van der Waals surface area contributed by atoms with Crippen LogP contribution < -0.4 is 20.3 Å². The molecule has 0 saturated heterocycles. The molecular weight excluding hydrogens is 342 g/mol. The summed E-state index contributed by atoms with van der Waals surface area (Å²) in [6.07, 6.45) is 0. The number of para-hydroxylation sites is 2. The average molecular weight is 370 g/mol. The highest BCUT2D eigenvalue weighted by atomic mass is 16.5. The summed E-state index contributed by atoms with van der Waals surface area (Å²) in [5.74, 6) is 0.344. The molecule has 2 aromatic rings. The Morgan fingerprint density at radius 1 is 0.963 bits per heavy atom. The normalized spacial score (nSPS) is 11.6. The lowest BCUT2D eigenvalue weighted by molar-refractivity contribution is -0.881. The van der Waals surface area contributed by atoms with Crippen LogP contribution in [-0.4, -0.2) is 38.6 Å². The third-order valence-corrected chi connectivity index (χ3v) is 4.36. The fourth-order valence-electron chi connectivity index (χ4n) is 2.86. The van der Waals surface area contributed by atoms with Crippen LogP contribution in [0.5, 0.6) is 5.75 Å². The highest BCUT2D eigenvalue weighted by Gasteiger charge is 2.18. The van der Waals surface area contributed by atoms with Gasteiger partial charge in [-0.25, -0.2) is 0 Å². The molecule has 0 aliphatic carbocycles. The van der Waals surface area contributed by atoms with Crippen molar-refractivity contribution in [3.05, 3.63) is 53.6 Å². The van der Waals surface area contributed by atoms with Crippen molar-refractivity contribution >= 4 is 23.2 Å². The number of carbonyl (C=O) groups is 2. The predicted octanol–water partition coefficient (Wildman–Crippen LogP) is 1.79. The van der Waals surface area contributed by atoms with E-state index in [2.05, 4.69) is 10.6 Å². The molecule has 2 amide bonds. The molecule has 3 N–H and O–H groups in total. The molecule has 6 nitrogen and oxygen atoms in total. The summed E-state index contributed by atoms with van der Waals surface area (Å²) in [7, 11) is 1.56. The summed E-state index contributed by atoms with van der Waals surface area (Å²) in [5, 5.41) is 5.78. The molecule has 0 radical (unpaired) electrons. The zero-order valence-electron chi connectivity index (χ0n) is 16.4. The highest BCUT2D eigenvalue weighted by molar-refractivity contribution is 5.94. The van der Waals surface area contributed by atoms with Crippen LogP contribution in [0.15, 0.2) is 42.5 Å². The third kappa shape index (κ3) is 6.11. The molecule has 144 valence electrons. The second kappa shape index (κ2) is 9.73. The molecule has 0 saturated carbocycles. The van der Waals surface area contributed by atoms with Crippen molar-refractivity contribution in [3.8, 4) is 5.75 Å². The van der Waals surface area contributed by atoms with Crippen molar-refractivity contribution in [1.29, 1.82) is 0 Å². The number of benzene rings is 2. The maximum Gasteiger partial charge on any atom is 0.279 e. The summed E-state index contributed by atoms with van der Waals surface area (Å²) >= 11 is 0. The van der Waals surface area contributed by atoms with E-state index in [1.165, 1.54) is 0 Å². The Kier molecular flexibility index (Phi) is 7.37. The van der Waals surface area contributed by atoms with E-state index in [4.69, 9.17) is 4.74 Å². The van der Waals surface area contributed by atoms with Crippen molar-refractivity contribution in [2.75, 3.05) is 37.4 Å². The summed E-state index contributed by atoms with van der Waals surface area (Å²) in [6.45, 7) is 7.03. The van der Waals surface area contributed by atoms with E-state index in [9.17, 15) is 9.59 Å². The van der Waals surface area contributed by atoms with Gasteiger partial charge in [0.1, 0.15) is 5.75 Å². The Morgan fingerprint density at radius 3 is 2.19 bits per heavy atom. The second-order valence-electron chi connectivity index (χ2n) is 6.57. The standard InChI is InChI=1S/C21H27N3O3/c1-5-24(13-20(25)22-17-11-10-15(2)12-16(17)3)14-21(26)23-18-8-6-7-9-19(18)27-4/h6-12H,5,13-14H2,1-4H3,(H,22,25)(H,23,26)/p+1. The molecule has 27 heavy (non-hydrogen) atoms. The molecule has 0 aliphatic heterocycles. The molecule has 0 aliphatic rings. The molecule has 1 unspecified atom stereocenters. The minimum Gasteiger partial charge on any atom is -0.495 e. The zero-order valence-corrected chi connectivity index (χ0v) is 16.4. The topological polar surface area (TPSA) is 71.9 Å². The lowest BCUT2D eigenvalue weighted by Crippen LogP contribution is -3.13. The largest absolute Gasteiger partial charge is 0.495 e. The summed E-state index contributed by atoms with van der Waals surface area (Å²) in [5.41, 5.74) is 3.61. The molecule has 0 bridgehead atoms. The number of rotatable bonds is 8. The number of quaternary nitrogens is 1. The van der Waals surface area contributed by atoms with Gasteiger partial charge in [-0.15, -0.1) is 0 Å². The van der Waals surface area contributed by atoms with Gasteiger partial charge in [0.05, 0.1) is 19.3 Å². The first-order valence-corrected chi connectivity index (χ1v) is 9.06. The van der Waals surface area contributed by atoms with Crippen LogP contribution in [0.3, 0.4) is 0 Å². The van der Waals surface area contributed by atoms with Gasteiger partial charge < -0.3 is 20.3 Å². The van der Waals surface area contributed by atoms with Gasteiger partial charge in [-0.1, -0.05) is 29.8 Å². The fraction of sp³-hybridized carbons (Fsp3) is 0.333. The maximum absolute atomic E-state index is 12.4. The molecule has 1 atom stereocenters. The van der Waals surface area contributed by atoms with Crippen LogP contribution in [0.4, 0.5) is 11.4 Å². The number of likely N-dealkylation sites (N-methyl/N-ethyl adjacent to an activating group) is 1. The summed E-state index contributed by atoms with van der Waals surface area (Å²) in [4.78, 5) is 25.6. The van der Waals surface area contributed by atoms with Gasteiger partial charge in [0.25, 0.3) is 11.8 Å². The number of ether oxygens (including phenoxy) is 1. The first-order valence-electron chi connectivity index (χ1n) is 9.06. The lowest BCUT2D eigenvalue weighted by Gasteiger charge is -2.18. The second-order valence-corrected chi connectivity index (χ2v) is 6.57. The number of nitrogens with one attached hydrogen (secondary N) is 3. The maximum atomic E-state index is 12.4. The van der Waals surface area contributed by atoms with Crippen LogP contribution in [0.25, 0.3) is 0 Å². The van der Waals surface area contributed by atoms with Crippen molar-refractivity contribution in [1.82, 2.24) is 0 Å². The van der Waals surface area contributed by atoms with Gasteiger partial charge in [0.2, 0.25) is 0 Å². The summed E-state index contributed by atoms with van der Waals surface area (Å²) in [6, 6.07) is 13.2. The monoisotopic (exact) mass is 370 g/mol. The van der Waals surface area contributed by atoms with E-state index < -0.39 is 0 Å². The first kappa shape index (κ1) is 20.5.